The summed E-state index contributed by atoms with van der Waals surface area (Å²) in [5.74, 6) is 0.0444. The maximum Gasteiger partial charge on any atom is 0.232 e. The van der Waals surface area contributed by atoms with E-state index in [-0.39, 0.29) is 16.5 Å². The van der Waals surface area contributed by atoms with E-state index in [1.807, 2.05) is 0 Å². The van der Waals surface area contributed by atoms with Gasteiger partial charge in [0.15, 0.2) is 0 Å². The number of halogens is 1. The van der Waals surface area contributed by atoms with Crippen molar-refractivity contribution in [3.8, 4) is 5.75 Å². The average Bonchev–Trinajstić information content (AvgIpc) is 2.38. The highest BCUT2D eigenvalue weighted by Gasteiger charge is 2.11. The van der Waals surface area contributed by atoms with Crippen LogP contribution in [0.5, 0.6) is 5.75 Å². The number of phenolic OH excluding ortho intramolecular Hbond substituents is 1. The smallest absolute Gasteiger partial charge is 0.232 e. The Bertz CT molecular complexity index is 517. The van der Waals surface area contributed by atoms with Gasteiger partial charge >= 0.3 is 0 Å². The van der Waals surface area contributed by atoms with Gasteiger partial charge in [-0.1, -0.05) is 50.6 Å². The van der Waals surface area contributed by atoms with Gasteiger partial charge in [0, 0.05) is 0 Å². The van der Waals surface area contributed by atoms with Gasteiger partial charge < -0.3 is 5.11 Å². The van der Waals surface area contributed by atoms with Crippen molar-refractivity contribution in [2.75, 3.05) is 10.5 Å². The summed E-state index contributed by atoms with van der Waals surface area (Å²) in [4.78, 5) is 0. The Balaban J connectivity index is 2.39. The van der Waals surface area contributed by atoms with Crippen LogP contribution in [0.2, 0.25) is 5.02 Å². The Morgan fingerprint density at radius 2 is 1.80 bits per heavy atom. The second-order valence-corrected chi connectivity index (χ2v) is 7.10. The summed E-state index contributed by atoms with van der Waals surface area (Å²) >= 11 is 5.73. The molecule has 0 amide bonds. The number of hydrogen-bond donors (Lipinski definition) is 2. The van der Waals surface area contributed by atoms with E-state index in [9.17, 15) is 13.5 Å². The van der Waals surface area contributed by atoms with Crippen molar-refractivity contribution >= 4 is 27.3 Å². The molecule has 0 fully saturated rings. The van der Waals surface area contributed by atoms with Crippen LogP contribution < -0.4 is 4.72 Å². The summed E-state index contributed by atoms with van der Waals surface area (Å²) in [6.45, 7) is 2.15. The third-order valence-corrected chi connectivity index (χ3v) is 4.66. The first-order valence-electron chi connectivity index (χ1n) is 6.93. The van der Waals surface area contributed by atoms with Crippen LogP contribution in [0, 0.1) is 0 Å². The van der Waals surface area contributed by atoms with Crippen LogP contribution in [-0.2, 0) is 10.0 Å². The van der Waals surface area contributed by atoms with Gasteiger partial charge in [-0.05, 0) is 24.6 Å². The van der Waals surface area contributed by atoms with Crippen LogP contribution in [-0.4, -0.2) is 19.3 Å². The number of aromatic hydroxyl groups is 1. The van der Waals surface area contributed by atoms with Crippen molar-refractivity contribution < 1.29 is 13.5 Å². The molecule has 6 heteroatoms. The molecule has 0 saturated carbocycles. The highest BCUT2D eigenvalue weighted by atomic mass is 35.5. The zero-order valence-corrected chi connectivity index (χ0v) is 13.3. The molecule has 0 saturated heterocycles. The van der Waals surface area contributed by atoms with Crippen LogP contribution in [0.1, 0.15) is 45.4 Å². The van der Waals surface area contributed by atoms with Crippen LogP contribution in [0.3, 0.4) is 0 Å². The molecular weight excluding hydrogens is 298 g/mol. The zero-order chi connectivity index (χ0) is 15.0. The molecule has 0 atom stereocenters. The van der Waals surface area contributed by atoms with E-state index in [0.717, 1.165) is 19.3 Å². The van der Waals surface area contributed by atoms with Gasteiger partial charge in [0.2, 0.25) is 10.0 Å². The molecule has 1 aromatic rings. The lowest BCUT2D eigenvalue weighted by molar-refractivity contribution is 0.475. The molecule has 0 aliphatic heterocycles. The van der Waals surface area contributed by atoms with Crippen molar-refractivity contribution in [1.82, 2.24) is 0 Å². The number of hydrogen-bond acceptors (Lipinski definition) is 3. The Kier molecular flexibility index (Phi) is 7.16. The molecule has 20 heavy (non-hydrogen) atoms. The summed E-state index contributed by atoms with van der Waals surface area (Å²) in [7, 11) is -3.35. The summed E-state index contributed by atoms with van der Waals surface area (Å²) < 4.78 is 26.2. The molecule has 0 heterocycles. The molecule has 0 aliphatic carbocycles. The van der Waals surface area contributed by atoms with Gasteiger partial charge in [-0.25, -0.2) is 8.42 Å². The minimum atomic E-state index is -3.35. The van der Waals surface area contributed by atoms with E-state index in [0.29, 0.717) is 12.1 Å². The molecule has 2 N–H and O–H groups in total. The Morgan fingerprint density at radius 1 is 1.15 bits per heavy atom. The number of unbranched alkanes of at least 4 members (excludes halogenated alkanes) is 5. The molecule has 114 valence electrons. The lowest BCUT2D eigenvalue weighted by Gasteiger charge is -2.08. The molecule has 0 bridgehead atoms. The lowest BCUT2D eigenvalue weighted by atomic mass is 10.1. The topological polar surface area (TPSA) is 66.4 Å². The van der Waals surface area contributed by atoms with E-state index in [1.165, 1.54) is 31.0 Å². The second-order valence-electron chi connectivity index (χ2n) is 4.85. The normalized spacial score (nSPS) is 11.5. The van der Waals surface area contributed by atoms with Crippen LogP contribution in [0.15, 0.2) is 18.2 Å². The van der Waals surface area contributed by atoms with E-state index >= 15 is 0 Å². The monoisotopic (exact) mass is 319 g/mol. The minimum absolute atomic E-state index is 0.0643. The Labute approximate surface area is 126 Å². The van der Waals surface area contributed by atoms with Gasteiger partial charge in [0.05, 0.1) is 16.5 Å². The molecule has 1 aromatic carbocycles. The number of anilines is 1. The van der Waals surface area contributed by atoms with Crippen molar-refractivity contribution in [3.05, 3.63) is 23.2 Å². The summed E-state index contributed by atoms with van der Waals surface area (Å²) in [6, 6.07) is 4.25. The van der Waals surface area contributed by atoms with E-state index in [1.54, 1.807) is 0 Å². The highest BCUT2D eigenvalue weighted by molar-refractivity contribution is 7.92. The van der Waals surface area contributed by atoms with Gasteiger partial charge in [0.1, 0.15) is 5.75 Å². The molecule has 0 aliphatic rings. The average molecular weight is 320 g/mol. The van der Waals surface area contributed by atoms with Crippen molar-refractivity contribution in [2.45, 2.75) is 45.4 Å². The number of rotatable bonds is 9. The maximum atomic E-state index is 11.9. The largest absolute Gasteiger partial charge is 0.506 e. The van der Waals surface area contributed by atoms with Crippen molar-refractivity contribution in [3.63, 3.8) is 0 Å². The SMILES string of the molecule is CCCCCCCCS(=O)(=O)Nc1ccc(O)c(Cl)c1. The molecule has 0 aromatic heterocycles. The fourth-order valence-electron chi connectivity index (χ4n) is 1.87. The third kappa shape index (κ3) is 6.48. The first-order valence-corrected chi connectivity index (χ1v) is 8.96. The standard InChI is InChI=1S/C14H22ClNO3S/c1-2-3-4-5-6-7-10-20(18,19)16-12-8-9-14(17)13(15)11-12/h8-9,11,16-17H,2-7,10H2,1H3. The summed E-state index contributed by atoms with van der Waals surface area (Å²) in [6.07, 6.45) is 6.21. The quantitative estimate of drug-likeness (QED) is 0.531. The lowest BCUT2D eigenvalue weighted by Crippen LogP contribution is -2.16. The van der Waals surface area contributed by atoms with Crippen LogP contribution in [0.4, 0.5) is 5.69 Å². The predicted octanol–water partition coefficient (Wildman–Crippen LogP) is 4.15. The van der Waals surface area contributed by atoms with Crippen molar-refractivity contribution in [2.24, 2.45) is 0 Å². The van der Waals surface area contributed by atoms with Crippen LogP contribution in [0.25, 0.3) is 0 Å². The van der Waals surface area contributed by atoms with Gasteiger partial charge in [0.25, 0.3) is 0 Å². The molecule has 1 rings (SSSR count). The summed E-state index contributed by atoms with van der Waals surface area (Å²) in [5.41, 5.74) is 0.374. The Morgan fingerprint density at radius 3 is 2.45 bits per heavy atom. The number of nitrogens with one attached hydrogen (secondary N) is 1. The highest BCUT2D eigenvalue weighted by Crippen LogP contribution is 2.26. The minimum Gasteiger partial charge on any atom is -0.506 e. The number of phenols is 1. The fourth-order valence-corrected chi connectivity index (χ4v) is 3.23. The van der Waals surface area contributed by atoms with Gasteiger partial charge in [-0.15, -0.1) is 0 Å². The fraction of sp³-hybridized carbons (Fsp3) is 0.571. The zero-order valence-electron chi connectivity index (χ0n) is 11.7. The molecule has 0 radical (unpaired) electrons. The number of sulfonamides is 1. The van der Waals surface area contributed by atoms with E-state index < -0.39 is 10.0 Å². The molecular formula is C14H22ClNO3S. The van der Waals surface area contributed by atoms with Gasteiger partial charge in [-0.2, -0.15) is 0 Å². The molecule has 0 unspecified atom stereocenters. The van der Waals surface area contributed by atoms with Gasteiger partial charge in [-0.3, -0.25) is 4.72 Å². The second kappa shape index (κ2) is 8.37. The first kappa shape index (κ1) is 17.1. The predicted molar refractivity (Wildman–Crippen MR) is 83.9 cm³/mol. The van der Waals surface area contributed by atoms with E-state index in [4.69, 9.17) is 11.6 Å². The van der Waals surface area contributed by atoms with E-state index in [2.05, 4.69) is 11.6 Å². The van der Waals surface area contributed by atoms with Crippen LogP contribution >= 0.6 is 11.6 Å². The third-order valence-electron chi connectivity index (χ3n) is 2.99. The summed E-state index contributed by atoms with van der Waals surface area (Å²) in [5, 5.41) is 9.41. The maximum absolute atomic E-state index is 11.9. The Hall–Kier alpha value is -0.940. The molecule has 0 spiro atoms. The molecule has 4 nitrogen and oxygen atoms in total. The van der Waals surface area contributed by atoms with Crippen molar-refractivity contribution in [1.29, 1.82) is 0 Å². The number of benzene rings is 1. The first-order chi connectivity index (χ1) is 9.44.